The lowest BCUT2D eigenvalue weighted by atomic mass is 9.70. The van der Waals surface area contributed by atoms with E-state index in [1.54, 1.807) is 0 Å². The SMILES string of the molecule is C=CCC1(n2cccn2)CCCC2(CCCO2)C1. The summed E-state index contributed by atoms with van der Waals surface area (Å²) in [5, 5.41) is 4.50. The van der Waals surface area contributed by atoms with Gasteiger partial charge in [0.15, 0.2) is 0 Å². The summed E-state index contributed by atoms with van der Waals surface area (Å²) in [6.07, 6.45) is 14.1. The van der Waals surface area contributed by atoms with Crippen molar-refractivity contribution in [3.05, 3.63) is 31.1 Å². The molecule has 2 unspecified atom stereocenters. The molecule has 1 aliphatic carbocycles. The van der Waals surface area contributed by atoms with Crippen molar-refractivity contribution < 1.29 is 4.74 Å². The maximum atomic E-state index is 6.11. The van der Waals surface area contributed by atoms with Gasteiger partial charge in [-0.15, -0.1) is 6.58 Å². The Morgan fingerprint density at radius 2 is 2.22 bits per heavy atom. The van der Waals surface area contributed by atoms with Gasteiger partial charge in [0.2, 0.25) is 0 Å². The first-order chi connectivity index (χ1) is 8.79. The second-order valence-corrected chi connectivity index (χ2v) is 5.83. The molecule has 98 valence electrons. The smallest absolute Gasteiger partial charge is 0.0706 e. The van der Waals surface area contributed by atoms with Crippen molar-refractivity contribution in [1.82, 2.24) is 9.78 Å². The normalized spacial score (nSPS) is 36.0. The van der Waals surface area contributed by atoms with E-state index in [0.29, 0.717) is 0 Å². The van der Waals surface area contributed by atoms with Crippen LogP contribution in [-0.4, -0.2) is 22.0 Å². The largest absolute Gasteiger partial charge is 0.375 e. The fourth-order valence-electron chi connectivity index (χ4n) is 3.89. The molecule has 0 amide bonds. The van der Waals surface area contributed by atoms with Crippen LogP contribution in [0.1, 0.15) is 44.9 Å². The number of aromatic nitrogens is 2. The highest BCUT2D eigenvalue weighted by atomic mass is 16.5. The maximum absolute atomic E-state index is 6.11. The summed E-state index contributed by atoms with van der Waals surface area (Å²) in [6, 6.07) is 2.02. The number of nitrogens with zero attached hydrogens (tertiary/aromatic N) is 2. The van der Waals surface area contributed by atoms with Gasteiger partial charge < -0.3 is 4.74 Å². The number of allylic oxidation sites excluding steroid dienone is 1. The number of hydrogen-bond donors (Lipinski definition) is 0. The molecule has 0 bridgehead atoms. The molecular weight excluding hydrogens is 224 g/mol. The van der Waals surface area contributed by atoms with Crippen LogP contribution in [0.3, 0.4) is 0 Å². The zero-order chi connectivity index (χ0) is 12.5. The van der Waals surface area contributed by atoms with E-state index < -0.39 is 0 Å². The molecule has 3 nitrogen and oxygen atoms in total. The highest BCUT2D eigenvalue weighted by molar-refractivity contribution is 5.04. The monoisotopic (exact) mass is 246 g/mol. The third-order valence-electron chi connectivity index (χ3n) is 4.63. The van der Waals surface area contributed by atoms with Crippen molar-refractivity contribution in [3.63, 3.8) is 0 Å². The van der Waals surface area contributed by atoms with E-state index >= 15 is 0 Å². The van der Waals surface area contributed by atoms with Crippen LogP contribution < -0.4 is 0 Å². The van der Waals surface area contributed by atoms with Gasteiger partial charge >= 0.3 is 0 Å². The summed E-state index contributed by atoms with van der Waals surface area (Å²) < 4.78 is 8.26. The molecule has 0 aromatic carbocycles. The Hall–Kier alpha value is -1.09. The quantitative estimate of drug-likeness (QED) is 0.765. The minimum Gasteiger partial charge on any atom is -0.375 e. The highest BCUT2D eigenvalue weighted by Gasteiger charge is 2.47. The minimum absolute atomic E-state index is 0.0911. The molecule has 1 aromatic rings. The van der Waals surface area contributed by atoms with Gasteiger partial charge in [0.1, 0.15) is 0 Å². The van der Waals surface area contributed by atoms with E-state index in [1.807, 2.05) is 18.3 Å². The first-order valence-electron chi connectivity index (χ1n) is 7.04. The number of rotatable bonds is 3. The van der Waals surface area contributed by atoms with Crippen LogP contribution in [0.2, 0.25) is 0 Å². The van der Waals surface area contributed by atoms with Crippen LogP contribution in [0.25, 0.3) is 0 Å². The van der Waals surface area contributed by atoms with E-state index in [0.717, 1.165) is 19.4 Å². The molecule has 0 N–H and O–H groups in total. The Labute approximate surface area is 109 Å². The molecule has 3 rings (SSSR count). The maximum Gasteiger partial charge on any atom is 0.0706 e. The van der Waals surface area contributed by atoms with Crippen LogP contribution in [0, 0.1) is 0 Å². The van der Waals surface area contributed by atoms with Crippen molar-refractivity contribution in [3.8, 4) is 0 Å². The molecule has 1 saturated carbocycles. The van der Waals surface area contributed by atoms with E-state index in [1.165, 1.54) is 32.1 Å². The van der Waals surface area contributed by atoms with Gasteiger partial charge in [0.05, 0.1) is 11.1 Å². The average molecular weight is 246 g/mol. The summed E-state index contributed by atoms with van der Waals surface area (Å²) in [5.41, 5.74) is 0.209. The molecule has 1 saturated heterocycles. The average Bonchev–Trinajstić information content (AvgIpc) is 3.01. The van der Waals surface area contributed by atoms with Crippen LogP contribution in [0.4, 0.5) is 0 Å². The summed E-state index contributed by atoms with van der Waals surface area (Å²) in [4.78, 5) is 0. The van der Waals surface area contributed by atoms with Crippen LogP contribution in [0.5, 0.6) is 0 Å². The van der Waals surface area contributed by atoms with E-state index in [9.17, 15) is 0 Å². The zero-order valence-electron chi connectivity index (χ0n) is 11.0. The zero-order valence-corrected chi connectivity index (χ0v) is 11.0. The van der Waals surface area contributed by atoms with E-state index in [4.69, 9.17) is 4.74 Å². The van der Waals surface area contributed by atoms with Crippen molar-refractivity contribution in [1.29, 1.82) is 0 Å². The Bertz CT molecular complexity index is 406. The molecule has 0 radical (unpaired) electrons. The molecule has 1 spiro atoms. The number of hydrogen-bond acceptors (Lipinski definition) is 2. The lowest BCUT2D eigenvalue weighted by molar-refractivity contribution is -0.0659. The lowest BCUT2D eigenvalue weighted by Crippen LogP contribution is -2.47. The van der Waals surface area contributed by atoms with Crippen molar-refractivity contribution in [2.24, 2.45) is 0 Å². The Balaban J connectivity index is 1.91. The topological polar surface area (TPSA) is 27.1 Å². The molecular formula is C15H22N2O. The van der Waals surface area contributed by atoms with E-state index in [-0.39, 0.29) is 11.1 Å². The van der Waals surface area contributed by atoms with Gasteiger partial charge in [0, 0.05) is 25.4 Å². The minimum atomic E-state index is 0.0911. The molecule has 2 fully saturated rings. The van der Waals surface area contributed by atoms with Crippen molar-refractivity contribution >= 4 is 0 Å². The first kappa shape index (κ1) is 12.0. The fourth-order valence-corrected chi connectivity index (χ4v) is 3.89. The van der Waals surface area contributed by atoms with Crippen LogP contribution >= 0.6 is 0 Å². The predicted octanol–water partition coefficient (Wildman–Crippen LogP) is 3.28. The summed E-state index contributed by atoms with van der Waals surface area (Å²) >= 11 is 0. The lowest BCUT2D eigenvalue weighted by Gasteiger charge is -2.45. The summed E-state index contributed by atoms with van der Waals surface area (Å²) in [6.45, 7) is 4.88. The second kappa shape index (κ2) is 4.54. The molecule has 1 aliphatic heterocycles. The van der Waals surface area contributed by atoms with Gasteiger partial charge in [-0.05, 0) is 44.6 Å². The molecule has 2 aliphatic rings. The molecule has 3 heteroatoms. The van der Waals surface area contributed by atoms with Gasteiger partial charge in [-0.2, -0.15) is 5.10 Å². The molecule has 2 atom stereocenters. The van der Waals surface area contributed by atoms with Gasteiger partial charge in [0.25, 0.3) is 0 Å². The first-order valence-corrected chi connectivity index (χ1v) is 7.04. The molecule has 18 heavy (non-hydrogen) atoms. The summed E-state index contributed by atoms with van der Waals surface area (Å²) in [5.74, 6) is 0. The predicted molar refractivity (Wildman–Crippen MR) is 71.4 cm³/mol. The Kier molecular flexibility index (Phi) is 3.02. The van der Waals surface area contributed by atoms with Crippen molar-refractivity contribution in [2.75, 3.05) is 6.61 Å². The fraction of sp³-hybridized carbons (Fsp3) is 0.667. The van der Waals surface area contributed by atoms with Gasteiger partial charge in [-0.1, -0.05) is 6.08 Å². The van der Waals surface area contributed by atoms with Gasteiger partial charge in [-0.25, -0.2) is 0 Å². The Morgan fingerprint density at radius 3 is 2.89 bits per heavy atom. The molecule has 2 heterocycles. The standard InChI is InChI=1S/C15H22N2O/c1-2-6-14(17-11-5-10-16-17)7-3-8-15(13-14)9-4-12-18-15/h2,5,10-11H,1,3-4,6-9,12-13H2. The van der Waals surface area contributed by atoms with E-state index in [2.05, 4.69) is 22.6 Å². The third-order valence-corrected chi connectivity index (χ3v) is 4.63. The van der Waals surface area contributed by atoms with Crippen LogP contribution in [-0.2, 0) is 10.3 Å². The third kappa shape index (κ3) is 1.91. The molecule has 1 aromatic heterocycles. The second-order valence-electron chi connectivity index (χ2n) is 5.83. The van der Waals surface area contributed by atoms with Gasteiger partial charge in [-0.3, -0.25) is 4.68 Å². The number of ether oxygens (including phenoxy) is 1. The Morgan fingerprint density at radius 1 is 1.33 bits per heavy atom. The summed E-state index contributed by atoms with van der Waals surface area (Å²) in [7, 11) is 0. The van der Waals surface area contributed by atoms with Crippen LogP contribution in [0.15, 0.2) is 31.1 Å². The van der Waals surface area contributed by atoms with Crippen molar-refractivity contribution in [2.45, 2.75) is 56.1 Å². The highest BCUT2D eigenvalue weighted by Crippen LogP contribution is 2.48.